The third kappa shape index (κ3) is 2.50. The number of aryl methyl sites for hydroxylation is 3. The van der Waals surface area contributed by atoms with Gasteiger partial charge in [-0.2, -0.15) is 10.2 Å². The zero-order valence-electron chi connectivity index (χ0n) is 13.6. The summed E-state index contributed by atoms with van der Waals surface area (Å²) in [7, 11) is 1.82. The summed E-state index contributed by atoms with van der Waals surface area (Å²) in [4.78, 5) is 4.62. The standard InChI is InChI=1S/C16H19F2N5/c1-5-6-23-16-14(9(2)21-23)11(15(17)18)7-13(20-16)12-8-19-22(4)10(12)3/h7-8,15H,5-6H2,1-4H3. The van der Waals surface area contributed by atoms with Crippen molar-refractivity contribution < 1.29 is 8.78 Å². The van der Waals surface area contributed by atoms with Crippen molar-refractivity contribution in [2.24, 2.45) is 7.05 Å². The largest absolute Gasteiger partial charge is 0.272 e. The van der Waals surface area contributed by atoms with Crippen LogP contribution in [-0.2, 0) is 13.6 Å². The Bertz CT molecular complexity index is 863. The van der Waals surface area contributed by atoms with Crippen LogP contribution < -0.4 is 0 Å². The average Bonchev–Trinajstić information content (AvgIpc) is 3.00. The lowest BCUT2D eigenvalue weighted by molar-refractivity contribution is 0.153. The van der Waals surface area contributed by atoms with Crippen LogP contribution in [0.1, 0.15) is 36.7 Å². The summed E-state index contributed by atoms with van der Waals surface area (Å²) in [6, 6.07) is 1.46. The highest BCUT2D eigenvalue weighted by Crippen LogP contribution is 2.33. The second-order valence-electron chi connectivity index (χ2n) is 5.67. The molecule has 0 aromatic carbocycles. The van der Waals surface area contributed by atoms with E-state index in [0.717, 1.165) is 17.7 Å². The van der Waals surface area contributed by atoms with Crippen LogP contribution in [0, 0.1) is 13.8 Å². The first kappa shape index (κ1) is 15.6. The van der Waals surface area contributed by atoms with Crippen molar-refractivity contribution in [3.63, 3.8) is 0 Å². The van der Waals surface area contributed by atoms with Crippen molar-refractivity contribution in [1.82, 2.24) is 24.5 Å². The Labute approximate surface area is 132 Å². The molecule has 0 spiro atoms. The summed E-state index contributed by atoms with van der Waals surface area (Å²) < 4.78 is 30.6. The van der Waals surface area contributed by atoms with Crippen LogP contribution in [0.3, 0.4) is 0 Å². The minimum absolute atomic E-state index is 0.0203. The van der Waals surface area contributed by atoms with Gasteiger partial charge in [-0.1, -0.05) is 6.92 Å². The average molecular weight is 319 g/mol. The van der Waals surface area contributed by atoms with E-state index in [2.05, 4.69) is 15.2 Å². The number of aromatic nitrogens is 5. The minimum atomic E-state index is -2.57. The van der Waals surface area contributed by atoms with E-state index in [9.17, 15) is 8.78 Å². The maximum atomic E-state index is 13.6. The smallest absolute Gasteiger partial charge is 0.264 e. The van der Waals surface area contributed by atoms with Gasteiger partial charge in [0.2, 0.25) is 0 Å². The molecule has 23 heavy (non-hydrogen) atoms. The Morgan fingerprint density at radius 2 is 2.00 bits per heavy atom. The SMILES string of the molecule is CCCn1nc(C)c2c(C(F)F)cc(-c3cnn(C)c3C)nc21. The molecule has 0 aliphatic carbocycles. The molecule has 0 radical (unpaired) electrons. The molecule has 3 heterocycles. The van der Waals surface area contributed by atoms with Gasteiger partial charge in [0, 0.05) is 30.4 Å². The maximum absolute atomic E-state index is 13.6. The van der Waals surface area contributed by atoms with Gasteiger partial charge >= 0.3 is 0 Å². The van der Waals surface area contributed by atoms with Gasteiger partial charge in [0.15, 0.2) is 5.65 Å². The number of alkyl halides is 2. The molecule has 3 aromatic rings. The highest BCUT2D eigenvalue weighted by atomic mass is 19.3. The Balaban J connectivity index is 2.32. The summed E-state index contributed by atoms with van der Waals surface area (Å²) in [5.74, 6) is 0. The molecule has 122 valence electrons. The van der Waals surface area contributed by atoms with E-state index in [-0.39, 0.29) is 5.56 Å². The molecule has 0 aliphatic heterocycles. The summed E-state index contributed by atoms with van der Waals surface area (Å²) in [6.45, 7) is 6.31. The predicted octanol–water partition coefficient (Wildman–Crippen LogP) is 3.80. The summed E-state index contributed by atoms with van der Waals surface area (Å²) in [5.41, 5.74) is 3.24. The second kappa shape index (κ2) is 5.72. The third-order valence-electron chi connectivity index (χ3n) is 4.09. The Morgan fingerprint density at radius 1 is 1.26 bits per heavy atom. The maximum Gasteiger partial charge on any atom is 0.264 e. The molecular formula is C16H19F2N5. The normalized spacial score (nSPS) is 11.8. The first-order valence-corrected chi connectivity index (χ1v) is 7.59. The van der Waals surface area contributed by atoms with E-state index in [4.69, 9.17) is 0 Å². The third-order valence-corrected chi connectivity index (χ3v) is 4.09. The summed E-state index contributed by atoms with van der Waals surface area (Å²) in [5, 5.41) is 9.02. The summed E-state index contributed by atoms with van der Waals surface area (Å²) in [6.07, 6.45) is -0.0568. The number of rotatable bonds is 4. The fraction of sp³-hybridized carbons (Fsp3) is 0.438. The van der Waals surface area contributed by atoms with Crippen molar-refractivity contribution in [3.05, 3.63) is 29.2 Å². The highest BCUT2D eigenvalue weighted by Gasteiger charge is 2.21. The van der Waals surface area contributed by atoms with E-state index in [1.54, 1.807) is 22.5 Å². The van der Waals surface area contributed by atoms with Crippen LogP contribution in [-0.4, -0.2) is 24.5 Å². The van der Waals surface area contributed by atoms with Crippen LogP contribution in [0.2, 0.25) is 0 Å². The lowest BCUT2D eigenvalue weighted by Gasteiger charge is -2.08. The van der Waals surface area contributed by atoms with Gasteiger partial charge < -0.3 is 0 Å². The zero-order valence-corrected chi connectivity index (χ0v) is 13.6. The first-order valence-electron chi connectivity index (χ1n) is 7.59. The van der Waals surface area contributed by atoms with Crippen LogP contribution in [0.4, 0.5) is 8.78 Å². The molecule has 0 atom stereocenters. The number of fused-ring (bicyclic) bond motifs is 1. The summed E-state index contributed by atoms with van der Waals surface area (Å²) >= 11 is 0. The lowest BCUT2D eigenvalue weighted by Crippen LogP contribution is -2.02. The van der Waals surface area contributed by atoms with Gasteiger partial charge in [0.25, 0.3) is 6.43 Å². The Hall–Kier alpha value is -2.31. The molecule has 0 saturated carbocycles. The first-order chi connectivity index (χ1) is 10.9. The molecule has 0 unspecified atom stereocenters. The van der Waals surface area contributed by atoms with Crippen molar-refractivity contribution in [2.45, 2.75) is 40.2 Å². The topological polar surface area (TPSA) is 48.5 Å². The number of halogens is 2. The fourth-order valence-corrected chi connectivity index (χ4v) is 2.81. The molecule has 0 fully saturated rings. The molecule has 0 bridgehead atoms. The van der Waals surface area contributed by atoms with E-state index < -0.39 is 6.43 Å². The molecule has 7 heteroatoms. The molecule has 3 aromatic heterocycles. The van der Waals surface area contributed by atoms with Gasteiger partial charge in [-0.3, -0.25) is 4.68 Å². The van der Waals surface area contributed by atoms with Crippen molar-refractivity contribution in [1.29, 1.82) is 0 Å². The van der Waals surface area contributed by atoms with E-state index >= 15 is 0 Å². The van der Waals surface area contributed by atoms with E-state index in [1.165, 1.54) is 6.07 Å². The Morgan fingerprint density at radius 3 is 2.57 bits per heavy atom. The molecule has 3 rings (SSSR count). The predicted molar refractivity (Wildman–Crippen MR) is 84.5 cm³/mol. The van der Waals surface area contributed by atoms with Gasteiger partial charge in [0.05, 0.1) is 23.0 Å². The van der Waals surface area contributed by atoms with Crippen molar-refractivity contribution >= 4 is 11.0 Å². The molecule has 0 saturated heterocycles. The van der Waals surface area contributed by atoms with Crippen LogP contribution in [0.5, 0.6) is 0 Å². The zero-order chi connectivity index (χ0) is 16.7. The number of hydrogen-bond donors (Lipinski definition) is 0. The van der Waals surface area contributed by atoms with Gasteiger partial charge in [0.1, 0.15) is 0 Å². The second-order valence-corrected chi connectivity index (χ2v) is 5.67. The monoisotopic (exact) mass is 319 g/mol. The van der Waals surface area contributed by atoms with Crippen LogP contribution in [0.25, 0.3) is 22.3 Å². The van der Waals surface area contributed by atoms with Gasteiger partial charge in [-0.05, 0) is 26.3 Å². The molecule has 0 amide bonds. The molecular weight excluding hydrogens is 300 g/mol. The molecule has 0 N–H and O–H groups in total. The minimum Gasteiger partial charge on any atom is -0.272 e. The van der Waals surface area contributed by atoms with Gasteiger partial charge in [-0.25, -0.2) is 18.4 Å². The van der Waals surface area contributed by atoms with Crippen LogP contribution in [0.15, 0.2) is 12.3 Å². The van der Waals surface area contributed by atoms with Crippen molar-refractivity contribution in [2.75, 3.05) is 0 Å². The quantitative estimate of drug-likeness (QED) is 0.735. The Kier molecular flexibility index (Phi) is 3.87. The van der Waals surface area contributed by atoms with Crippen LogP contribution >= 0.6 is 0 Å². The van der Waals surface area contributed by atoms with E-state index in [0.29, 0.717) is 29.0 Å². The highest BCUT2D eigenvalue weighted by molar-refractivity contribution is 5.85. The lowest BCUT2D eigenvalue weighted by atomic mass is 10.1. The molecule has 5 nitrogen and oxygen atoms in total. The van der Waals surface area contributed by atoms with Crippen molar-refractivity contribution in [3.8, 4) is 11.3 Å². The number of nitrogens with zero attached hydrogens (tertiary/aromatic N) is 5. The van der Waals surface area contributed by atoms with Gasteiger partial charge in [-0.15, -0.1) is 0 Å². The van der Waals surface area contributed by atoms with E-state index in [1.807, 2.05) is 20.9 Å². The number of pyridine rings is 1. The molecule has 0 aliphatic rings. The fourth-order valence-electron chi connectivity index (χ4n) is 2.81. The number of hydrogen-bond acceptors (Lipinski definition) is 3.